The summed E-state index contributed by atoms with van der Waals surface area (Å²) in [4.78, 5) is 16.3. The fourth-order valence-electron chi connectivity index (χ4n) is 1.69. The zero-order valence-electron chi connectivity index (χ0n) is 10.6. The number of nitrogens with zero attached hydrogens (tertiary/aromatic N) is 1. The molecule has 7 heteroatoms. The first-order valence-electron chi connectivity index (χ1n) is 6.02. The topological polar surface area (TPSA) is 54.0 Å². The van der Waals surface area contributed by atoms with E-state index in [2.05, 4.69) is 15.6 Å². The summed E-state index contributed by atoms with van der Waals surface area (Å²) in [6, 6.07) is 3.42. The Hall–Kier alpha value is -0.590. The van der Waals surface area contributed by atoms with Crippen molar-refractivity contribution in [1.82, 2.24) is 10.3 Å². The molecule has 1 fully saturated rings. The number of thioether (sulfide) groups is 2. The fourth-order valence-corrected chi connectivity index (χ4v) is 4.49. The van der Waals surface area contributed by atoms with Crippen LogP contribution in [0.2, 0.25) is 5.02 Å². The Morgan fingerprint density at radius 1 is 1.53 bits per heavy atom. The van der Waals surface area contributed by atoms with Gasteiger partial charge in [-0.2, -0.15) is 23.5 Å². The van der Waals surface area contributed by atoms with Gasteiger partial charge in [-0.3, -0.25) is 4.79 Å². The summed E-state index contributed by atoms with van der Waals surface area (Å²) in [6.45, 7) is 0.665. The molecule has 0 bridgehead atoms. The normalized spacial score (nSPS) is 18.9. The third-order valence-corrected chi connectivity index (χ3v) is 5.84. The zero-order valence-corrected chi connectivity index (χ0v) is 13.0. The molecular formula is C12H16ClN3OS2. The van der Waals surface area contributed by atoms with Crippen molar-refractivity contribution in [3.63, 3.8) is 0 Å². The number of rotatable bonds is 4. The van der Waals surface area contributed by atoms with E-state index < -0.39 is 0 Å². The number of amides is 1. The van der Waals surface area contributed by atoms with Crippen LogP contribution in [0.25, 0.3) is 0 Å². The maximum atomic E-state index is 12.1. The first kappa shape index (κ1) is 14.8. The van der Waals surface area contributed by atoms with E-state index >= 15 is 0 Å². The number of aromatic nitrogens is 1. The van der Waals surface area contributed by atoms with Gasteiger partial charge in [0.1, 0.15) is 11.5 Å². The third-order valence-electron chi connectivity index (χ3n) is 2.69. The molecule has 1 saturated heterocycles. The second-order valence-electron chi connectivity index (χ2n) is 4.05. The molecule has 1 unspecified atom stereocenters. The van der Waals surface area contributed by atoms with Crippen LogP contribution in [0.1, 0.15) is 10.5 Å². The van der Waals surface area contributed by atoms with E-state index in [-0.39, 0.29) is 11.6 Å². The minimum absolute atomic E-state index is 0.210. The van der Waals surface area contributed by atoms with Crippen LogP contribution >= 0.6 is 35.1 Å². The number of hydrogen-bond donors (Lipinski definition) is 2. The van der Waals surface area contributed by atoms with Crippen LogP contribution in [0.15, 0.2) is 12.1 Å². The molecule has 2 heterocycles. The summed E-state index contributed by atoms with van der Waals surface area (Å²) >= 11 is 9.86. The SMILES string of the molecule is CNc1ccc(Cl)c(C(=O)NCC2CSCCS2)n1. The molecule has 0 radical (unpaired) electrons. The third kappa shape index (κ3) is 4.19. The molecule has 1 aliphatic heterocycles. The van der Waals surface area contributed by atoms with E-state index in [4.69, 9.17) is 11.6 Å². The lowest BCUT2D eigenvalue weighted by Crippen LogP contribution is -2.34. The number of pyridine rings is 1. The highest BCUT2D eigenvalue weighted by atomic mass is 35.5. The van der Waals surface area contributed by atoms with Gasteiger partial charge in [-0.05, 0) is 12.1 Å². The molecular weight excluding hydrogens is 302 g/mol. The second-order valence-corrected chi connectivity index (χ2v) is 7.02. The van der Waals surface area contributed by atoms with Crippen molar-refractivity contribution in [1.29, 1.82) is 0 Å². The summed E-state index contributed by atoms with van der Waals surface area (Å²) in [5.74, 6) is 3.87. The van der Waals surface area contributed by atoms with Crippen LogP contribution in [0.4, 0.5) is 5.82 Å². The first-order chi connectivity index (χ1) is 9.20. The molecule has 0 aliphatic carbocycles. The number of carbonyl (C=O) groups is 1. The summed E-state index contributed by atoms with van der Waals surface area (Å²) in [7, 11) is 1.76. The lowest BCUT2D eigenvalue weighted by Gasteiger charge is -2.21. The average molecular weight is 318 g/mol. The van der Waals surface area contributed by atoms with Crippen molar-refractivity contribution in [2.75, 3.05) is 36.2 Å². The molecule has 19 heavy (non-hydrogen) atoms. The van der Waals surface area contributed by atoms with Gasteiger partial charge in [0.2, 0.25) is 0 Å². The van der Waals surface area contributed by atoms with Gasteiger partial charge in [-0.1, -0.05) is 11.6 Å². The van der Waals surface area contributed by atoms with Crippen molar-refractivity contribution in [2.45, 2.75) is 5.25 Å². The molecule has 2 N–H and O–H groups in total. The predicted octanol–water partition coefficient (Wildman–Crippen LogP) is 2.36. The van der Waals surface area contributed by atoms with E-state index in [1.807, 2.05) is 23.5 Å². The van der Waals surface area contributed by atoms with Gasteiger partial charge in [0.15, 0.2) is 0 Å². The number of anilines is 1. The quantitative estimate of drug-likeness (QED) is 0.893. The zero-order chi connectivity index (χ0) is 13.7. The van der Waals surface area contributed by atoms with Gasteiger partial charge in [0.05, 0.1) is 5.02 Å². The largest absolute Gasteiger partial charge is 0.373 e. The standard InChI is InChI=1S/C12H16ClN3OS2/c1-14-10-3-2-9(13)11(16-10)12(17)15-6-8-7-18-4-5-19-8/h2-3,8H,4-7H2,1H3,(H,14,16)(H,15,17). The van der Waals surface area contributed by atoms with E-state index in [1.165, 1.54) is 5.75 Å². The van der Waals surface area contributed by atoms with Crippen molar-refractivity contribution in [3.8, 4) is 0 Å². The average Bonchev–Trinajstić information content (AvgIpc) is 2.46. The lowest BCUT2D eigenvalue weighted by molar-refractivity contribution is 0.0949. The number of carbonyl (C=O) groups excluding carboxylic acids is 1. The van der Waals surface area contributed by atoms with Crippen molar-refractivity contribution in [2.24, 2.45) is 0 Å². The van der Waals surface area contributed by atoms with E-state index in [0.717, 1.165) is 11.5 Å². The minimum atomic E-state index is -0.210. The highest BCUT2D eigenvalue weighted by Crippen LogP contribution is 2.23. The Bertz CT molecular complexity index is 453. The predicted molar refractivity (Wildman–Crippen MR) is 84.7 cm³/mol. The van der Waals surface area contributed by atoms with Crippen molar-refractivity contribution < 1.29 is 4.79 Å². The summed E-state index contributed by atoms with van der Waals surface area (Å²) in [5, 5.41) is 6.67. The molecule has 0 spiro atoms. The van der Waals surface area contributed by atoms with Crippen LogP contribution in [0.5, 0.6) is 0 Å². The van der Waals surface area contributed by atoms with Gasteiger partial charge in [-0.25, -0.2) is 4.98 Å². The minimum Gasteiger partial charge on any atom is -0.373 e. The Kier molecular flexibility index (Phi) is 5.66. The summed E-state index contributed by atoms with van der Waals surface area (Å²) in [6.07, 6.45) is 0. The Labute approximate surface area is 126 Å². The van der Waals surface area contributed by atoms with Crippen LogP contribution in [0.3, 0.4) is 0 Å². The van der Waals surface area contributed by atoms with Crippen molar-refractivity contribution >= 4 is 46.8 Å². The van der Waals surface area contributed by atoms with Gasteiger partial charge in [0.25, 0.3) is 5.91 Å². The van der Waals surface area contributed by atoms with Gasteiger partial charge < -0.3 is 10.6 Å². The summed E-state index contributed by atoms with van der Waals surface area (Å²) < 4.78 is 0. The highest BCUT2D eigenvalue weighted by Gasteiger charge is 2.17. The molecule has 104 valence electrons. The number of nitrogens with one attached hydrogen (secondary N) is 2. The van der Waals surface area contributed by atoms with Crippen LogP contribution < -0.4 is 10.6 Å². The molecule has 1 atom stereocenters. The molecule has 0 saturated carbocycles. The highest BCUT2D eigenvalue weighted by molar-refractivity contribution is 8.06. The maximum Gasteiger partial charge on any atom is 0.271 e. The molecule has 1 amide bonds. The smallest absolute Gasteiger partial charge is 0.271 e. The summed E-state index contributed by atoms with van der Waals surface area (Å²) in [5.41, 5.74) is 0.280. The van der Waals surface area contributed by atoms with E-state index in [0.29, 0.717) is 22.6 Å². The van der Waals surface area contributed by atoms with Gasteiger partial charge in [-0.15, -0.1) is 0 Å². The second kappa shape index (κ2) is 7.26. The molecule has 4 nitrogen and oxygen atoms in total. The van der Waals surface area contributed by atoms with E-state index in [1.54, 1.807) is 19.2 Å². The van der Waals surface area contributed by atoms with Gasteiger partial charge >= 0.3 is 0 Å². The molecule has 1 aliphatic rings. The molecule has 1 aromatic heterocycles. The van der Waals surface area contributed by atoms with Crippen LogP contribution in [0, 0.1) is 0 Å². The monoisotopic (exact) mass is 317 g/mol. The molecule has 2 rings (SSSR count). The van der Waals surface area contributed by atoms with Crippen LogP contribution in [-0.2, 0) is 0 Å². The van der Waals surface area contributed by atoms with Crippen LogP contribution in [-0.4, -0.2) is 47.0 Å². The molecule has 1 aromatic rings. The Morgan fingerprint density at radius 2 is 2.37 bits per heavy atom. The first-order valence-corrected chi connectivity index (χ1v) is 8.60. The number of hydrogen-bond acceptors (Lipinski definition) is 5. The van der Waals surface area contributed by atoms with Crippen molar-refractivity contribution in [3.05, 3.63) is 22.8 Å². The number of halogens is 1. The fraction of sp³-hybridized carbons (Fsp3) is 0.500. The molecule has 0 aromatic carbocycles. The Morgan fingerprint density at radius 3 is 3.05 bits per heavy atom. The Balaban J connectivity index is 1.95. The lowest BCUT2D eigenvalue weighted by atomic mass is 10.3. The van der Waals surface area contributed by atoms with E-state index in [9.17, 15) is 4.79 Å². The maximum absolute atomic E-state index is 12.1. The van der Waals surface area contributed by atoms with Gasteiger partial charge in [0, 0.05) is 36.1 Å².